The number of hydrogen-bond donors (Lipinski definition) is 13. The van der Waals surface area contributed by atoms with E-state index in [0.29, 0.717) is 154 Å². The summed E-state index contributed by atoms with van der Waals surface area (Å²) in [6.45, 7) is 36.2. The summed E-state index contributed by atoms with van der Waals surface area (Å²) >= 11 is 0. The molecule has 0 aromatic carbocycles. The van der Waals surface area contributed by atoms with Crippen LogP contribution < -0.4 is 69.1 Å². The molecule has 0 aliphatic rings. The number of nitrogens with zero attached hydrogens (tertiary/aromatic N) is 1. The minimum absolute atomic E-state index is 0.00959. The molecule has 0 aliphatic heterocycles. The summed E-state index contributed by atoms with van der Waals surface area (Å²) in [7, 11) is 0. The minimum atomic E-state index is -1.07. The Kier molecular flexibility index (Phi) is 77.4. The molecule has 0 aromatic rings. The van der Waals surface area contributed by atoms with Crippen molar-refractivity contribution in [1.29, 1.82) is 0 Å². The Morgan fingerprint density at radius 1 is 0.180 bits per heavy atom. The molecule has 0 fully saturated rings. The van der Waals surface area contributed by atoms with E-state index in [1.165, 1.54) is 0 Å². The second-order valence-electron chi connectivity index (χ2n) is 39.3. The first-order chi connectivity index (χ1) is 63.8. The molecule has 28 heteroatoms. The summed E-state index contributed by atoms with van der Waals surface area (Å²) < 4.78 is 1.10. The topological polar surface area (TPSA) is 398 Å². The molecule has 0 saturated carbocycles. The lowest BCUT2D eigenvalue weighted by Gasteiger charge is -2.26. The first-order valence-corrected chi connectivity index (χ1v) is 54.0. The van der Waals surface area contributed by atoms with Gasteiger partial charge in [0.25, 0.3) is 0 Å². The second-order valence-corrected chi connectivity index (χ2v) is 39.3. The molecule has 772 valence electrons. The highest BCUT2D eigenvalue weighted by Crippen LogP contribution is 2.21. The molecule has 0 radical (unpaired) electrons. The number of carbonyl (C=O) groups is 13. The van der Waals surface area contributed by atoms with Gasteiger partial charge in [0.15, 0.2) is 12.6 Å². The molecule has 0 rings (SSSR count). The third-order valence-electron chi connectivity index (χ3n) is 26.3. The molecule has 0 spiro atoms. The normalized spacial score (nSPS) is 14.8. The van der Waals surface area contributed by atoms with Crippen LogP contribution in [0.3, 0.4) is 0 Å². The van der Waals surface area contributed by atoms with Crippen molar-refractivity contribution in [2.24, 2.45) is 41.4 Å². The molecule has 28 nitrogen and oxygen atoms in total. The number of nitroso groups, excluding NO2 is 1. The molecule has 0 aromatic heterocycles. The third kappa shape index (κ3) is 63.7. The molecule has 133 heavy (non-hydrogen) atoms. The fraction of sp³-hybridized carbons (Fsp3) is 0.876. The van der Waals surface area contributed by atoms with Gasteiger partial charge in [-0.3, -0.25) is 62.3 Å². The van der Waals surface area contributed by atoms with Gasteiger partial charge in [0.2, 0.25) is 76.8 Å². The van der Waals surface area contributed by atoms with Crippen LogP contribution in [0.5, 0.6) is 0 Å². The predicted octanol–water partition coefficient (Wildman–Crippen LogP) is 17.6. The highest BCUT2D eigenvalue weighted by Gasteiger charge is 2.33. The molecule has 0 heterocycles. The highest BCUT2D eigenvalue weighted by molar-refractivity contribution is 5.94. The van der Waals surface area contributed by atoms with E-state index < -0.39 is 65.9 Å². The zero-order valence-electron chi connectivity index (χ0n) is 87.2. The van der Waals surface area contributed by atoms with E-state index in [2.05, 4.69) is 125 Å². The van der Waals surface area contributed by atoms with E-state index in [-0.39, 0.29) is 152 Å². The van der Waals surface area contributed by atoms with Crippen molar-refractivity contribution < 1.29 is 67.1 Å². The third-order valence-corrected chi connectivity index (χ3v) is 26.3. The van der Waals surface area contributed by atoms with Crippen molar-refractivity contribution in [3.05, 3.63) is 4.91 Å². The number of unbranched alkanes of at least 4 members (excludes halogenated alkanes) is 23. The Morgan fingerprint density at radius 2 is 0.353 bits per heavy atom. The standard InChI is InChI=1S/C105H198N14O14/c1-18-26-34-56-78(9)93(120)106-71-50-43-65-87(113-96(123)81(12)59-37-29-21-4)100(127)110-75-53-45-67-89(117-104(131)92(116-99(126)84(15)62-40-32-24-7)70-48-55-77-119(133)86(17)64-41-33-25-8)102(129)109-74-49-42-63-85(16)112-103(130)90(118-105(132)91(115-98(125)83(14)61-39-31-23-6)69-46-52-73-108-95(122)80(11)58-36-28-20-3)68-47-54-76-111-101(128)88(114-97(124)82(13)60-38-30-22-5)66-44-51-72-107-94(121)79(10)57-35-27-19-2/h78-92H,18-77H2,1-17H3,(H12-,106,107,108,109,110,111,112,113,114,115,116,117,118,120,121,122,123,124,125,126,127,128,129,130,131,132)/p+1. The van der Waals surface area contributed by atoms with Crippen LogP contribution in [0.1, 0.15) is 458 Å². The van der Waals surface area contributed by atoms with Gasteiger partial charge in [-0.1, -0.05) is 252 Å². The van der Waals surface area contributed by atoms with Crippen LogP contribution >= 0.6 is 0 Å². The van der Waals surface area contributed by atoms with E-state index in [1.54, 1.807) is 0 Å². The van der Waals surface area contributed by atoms with E-state index in [4.69, 9.17) is 0 Å². The van der Waals surface area contributed by atoms with Crippen LogP contribution in [0.2, 0.25) is 0 Å². The monoisotopic (exact) mass is 1880 g/mol. The van der Waals surface area contributed by atoms with E-state index >= 15 is 0 Å². The van der Waals surface area contributed by atoms with Gasteiger partial charge in [-0.05, 0) is 187 Å². The van der Waals surface area contributed by atoms with E-state index in [0.717, 1.165) is 185 Å². The lowest BCUT2D eigenvalue weighted by atomic mass is 10.0. The molecule has 0 aliphatic carbocycles. The first-order valence-electron chi connectivity index (χ1n) is 54.0. The van der Waals surface area contributed by atoms with Crippen LogP contribution in [0, 0.1) is 46.3 Å². The number of carbonyl (C=O) groups excluding carboxylic acids is 13. The predicted molar refractivity (Wildman–Crippen MR) is 539 cm³/mol. The van der Waals surface area contributed by atoms with Gasteiger partial charge in [0.1, 0.15) is 36.3 Å². The maximum Gasteiger partial charge on any atom is 0.243 e. The Hall–Kier alpha value is -7.29. The van der Waals surface area contributed by atoms with Crippen molar-refractivity contribution in [3.8, 4) is 0 Å². The highest BCUT2D eigenvalue weighted by atomic mass is 16.3. The summed E-state index contributed by atoms with van der Waals surface area (Å²) in [5.41, 5.74) is 0. The van der Waals surface area contributed by atoms with Gasteiger partial charge in [0, 0.05) is 116 Å². The van der Waals surface area contributed by atoms with Gasteiger partial charge < -0.3 is 69.1 Å². The van der Waals surface area contributed by atoms with Gasteiger partial charge in [0.05, 0.1) is 0 Å². The molecule has 13 amide bonds. The summed E-state index contributed by atoms with van der Waals surface area (Å²) in [5.74, 6) is -5.27. The Balaban J connectivity index is 7.28. The average Bonchev–Trinajstić information content (AvgIpc) is 0.886. The summed E-state index contributed by atoms with van der Waals surface area (Å²) in [6, 6.07) is -6.37. The fourth-order valence-electron chi connectivity index (χ4n) is 16.4. The smallest absolute Gasteiger partial charge is 0.243 e. The SMILES string of the molecule is CCCCCC(C)C(=O)NCCCCC(NC(=O)C(C)CCCCC)C(=O)NCCCCC(NC(=O)C(CCCC[N+](=O)C(C)CCCCC)NC(=O)C(C)CCCCC)C(=O)NCCCCC(C)NC(=O)C(CCCCNC(=O)C(CCCCNC(=O)C(C)CCCCC)NC(=O)C(C)CCCCC)NC(=O)C(CCCCNC(=O)C(C)CCCCC)NC(=O)C(C)CCCCC. The fourth-order valence-corrected chi connectivity index (χ4v) is 16.4. The van der Waals surface area contributed by atoms with Crippen molar-refractivity contribution >= 4 is 76.8 Å². The molecule has 0 saturated heterocycles. The molecular formula is C105H199N14O14+. The van der Waals surface area contributed by atoms with Crippen molar-refractivity contribution in [1.82, 2.24) is 69.1 Å². The summed E-state index contributed by atoms with van der Waals surface area (Å²) in [4.78, 5) is 194. The lowest BCUT2D eigenvalue weighted by molar-refractivity contribution is -0.583. The van der Waals surface area contributed by atoms with Crippen LogP contribution in [0.25, 0.3) is 0 Å². The minimum Gasteiger partial charge on any atom is -0.356 e. The molecule has 15 atom stereocenters. The maximum absolute atomic E-state index is 14.8. The zero-order chi connectivity index (χ0) is 99.4. The Labute approximate surface area is 807 Å². The van der Waals surface area contributed by atoms with Gasteiger partial charge in [-0.2, -0.15) is 0 Å². The number of hydrogen-bond acceptors (Lipinski definition) is 14. The van der Waals surface area contributed by atoms with E-state index in [1.807, 2.05) is 62.3 Å². The first kappa shape index (κ1) is 126. The quantitative estimate of drug-likeness (QED) is 0.0199. The molecule has 13 N–H and O–H groups in total. The average molecular weight is 1880 g/mol. The Morgan fingerprint density at radius 3 is 0.586 bits per heavy atom. The summed E-state index contributed by atoms with van der Waals surface area (Å²) in [6.07, 6.45) is 38.6. The zero-order valence-corrected chi connectivity index (χ0v) is 87.2. The van der Waals surface area contributed by atoms with Crippen LogP contribution in [-0.2, 0) is 62.3 Å². The van der Waals surface area contributed by atoms with Crippen molar-refractivity contribution in [2.45, 2.75) is 506 Å². The van der Waals surface area contributed by atoms with Crippen molar-refractivity contribution in [3.63, 3.8) is 0 Å². The molecule has 0 bridgehead atoms. The number of rotatable bonds is 88. The van der Waals surface area contributed by atoms with Crippen molar-refractivity contribution in [2.75, 3.05) is 45.8 Å². The number of amides is 13. The molecular weight excluding hydrogens is 1680 g/mol. The largest absolute Gasteiger partial charge is 0.356 e. The van der Waals surface area contributed by atoms with E-state index in [9.17, 15) is 67.2 Å². The van der Waals surface area contributed by atoms with Crippen LogP contribution in [0.15, 0.2) is 0 Å². The van der Waals surface area contributed by atoms with Gasteiger partial charge >= 0.3 is 0 Å². The van der Waals surface area contributed by atoms with Gasteiger partial charge in [-0.15, -0.1) is 0 Å². The summed E-state index contributed by atoms with van der Waals surface area (Å²) in [5, 5.41) is 39.5. The number of nitrogens with one attached hydrogen (secondary N) is 13. The Bertz CT molecular complexity index is 3160. The lowest BCUT2D eigenvalue weighted by Crippen LogP contribution is -2.55. The maximum atomic E-state index is 14.8. The molecule has 15 unspecified atom stereocenters. The second kappa shape index (κ2) is 81.8. The van der Waals surface area contributed by atoms with Crippen LogP contribution in [-0.4, -0.2) is 176 Å². The van der Waals surface area contributed by atoms with Crippen LogP contribution in [0.4, 0.5) is 0 Å². The van der Waals surface area contributed by atoms with Gasteiger partial charge in [-0.25, -0.2) is 0 Å².